The van der Waals surface area contributed by atoms with Gasteiger partial charge in [-0.2, -0.15) is 5.10 Å². The topological polar surface area (TPSA) is 59.4 Å². The zero-order valence-electron chi connectivity index (χ0n) is 11.8. The van der Waals surface area contributed by atoms with Gasteiger partial charge in [-0.15, -0.1) is 10.2 Å². The SMILES string of the molecule is c1ccc(-c2cc(-c3nnc4n3CCCCC4)[nH]n2)cc1. The molecule has 0 unspecified atom stereocenters. The van der Waals surface area contributed by atoms with Crippen LogP contribution < -0.4 is 0 Å². The van der Waals surface area contributed by atoms with Gasteiger partial charge in [-0.05, 0) is 18.9 Å². The minimum absolute atomic E-state index is 0.904. The molecule has 2 aromatic heterocycles. The molecule has 0 saturated heterocycles. The summed E-state index contributed by atoms with van der Waals surface area (Å²) in [5.41, 5.74) is 2.99. The maximum atomic E-state index is 4.41. The van der Waals surface area contributed by atoms with Crippen molar-refractivity contribution in [1.82, 2.24) is 25.0 Å². The first kappa shape index (κ1) is 12.3. The Morgan fingerprint density at radius 2 is 1.90 bits per heavy atom. The maximum absolute atomic E-state index is 4.41. The standard InChI is InChI=1S/C16H17N5/c1-3-7-12(8-4-1)13-11-14(18-17-13)16-20-19-15-9-5-2-6-10-21(15)16/h1,3-4,7-8,11H,2,5-6,9-10H2,(H,17,18). The Bertz CT molecular complexity index is 741. The number of hydrogen-bond donors (Lipinski definition) is 1. The van der Waals surface area contributed by atoms with E-state index in [9.17, 15) is 0 Å². The van der Waals surface area contributed by atoms with Crippen LogP contribution in [0.15, 0.2) is 36.4 Å². The third-order valence-electron chi connectivity index (χ3n) is 4.00. The third-order valence-corrected chi connectivity index (χ3v) is 4.00. The fourth-order valence-corrected chi connectivity index (χ4v) is 2.88. The molecule has 1 aliphatic rings. The molecule has 5 nitrogen and oxygen atoms in total. The molecule has 0 radical (unpaired) electrons. The van der Waals surface area contributed by atoms with Crippen LogP contribution in [0.2, 0.25) is 0 Å². The summed E-state index contributed by atoms with van der Waals surface area (Å²) in [5.74, 6) is 2.00. The highest BCUT2D eigenvalue weighted by atomic mass is 15.3. The van der Waals surface area contributed by atoms with Crippen LogP contribution in [0.3, 0.4) is 0 Å². The third kappa shape index (κ3) is 2.24. The number of aromatic amines is 1. The number of H-pyrrole nitrogens is 1. The Balaban J connectivity index is 1.72. The summed E-state index contributed by atoms with van der Waals surface area (Å²) in [6.07, 6.45) is 4.68. The average molecular weight is 279 g/mol. The van der Waals surface area contributed by atoms with Crippen LogP contribution in [0.1, 0.15) is 25.1 Å². The molecule has 0 spiro atoms. The van der Waals surface area contributed by atoms with Crippen LogP contribution in [0.4, 0.5) is 0 Å². The summed E-state index contributed by atoms with van der Waals surface area (Å²) >= 11 is 0. The lowest BCUT2D eigenvalue weighted by Gasteiger charge is -2.04. The molecule has 21 heavy (non-hydrogen) atoms. The quantitative estimate of drug-likeness (QED) is 0.784. The summed E-state index contributed by atoms with van der Waals surface area (Å²) in [5, 5.41) is 16.2. The van der Waals surface area contributed by atoms with E-state index in [2.05, 4.69) is 43.2 Å². The van der Waals surface area contributed by atoms with Gasteiger partial charge in [0.25, 0.3) is 0 Å². The molecule has 0 atom stereocenters. The van der Waals surface area contributed by atoms with Gasteiger partial charge in [-0.3, -0.25) is 5.10 Å². The molecule has 1 aromatic carbocycles. The molecule has 0 aliphatic carbocycles. The molecular formula is C16H17N5. The number of aromatic nitrogens is 5. The van der Waals surface area contributed by atoms with Crippen molar-refractivity contribution in [2.75, 3.05) is 0 Å². The van der Waals surface area contributed by atoms with Crippen LogP contribution in [0, 0.1) is 0 Å². The van der Waals surface area contributed by atoms with E-state index in [4.69, 9.17) is 0 Å². The van der Waals surface area contributed by atoms with Crippen molar-refractivity contribution in [3.05, 3.63) is 42.2 Å². The molecule has 0 saturated carbocycles. The molecule has 0 bridgehead atoms. The normalized spacial score (nSPS) is 14.7. The van der Waals surface area contributed by atoms with Gasteiger partial charge in [0.05, 0.1) is 5.69 Å². The fraction of sp³-hybridized carbons (Fsp3) is 0.312. The molecule has 0 amide bonds. The second-order valence-corrected chi connectivity index (χ2v) is 5.44. The Hall–Kier alpha value is -2.43. The molecule has 0 fully saturated rings. The van der Waals surface area contributed by atoms with Crippen molar-refractivity contribution < 1.29 is 0 Å². The molecule has 4 rings (SSSR count). The lowest BCUT2D eigenvalue weighted by Crippen LogP contribution is -2.03. The highest BCUT2D eigenvalue weighted by molar-refractivity contribution is 5.64. The smallest absolute Gasteiger partial charge is 0.182 e. The molecule has 1 aliphatic heterocycles. The highest BCUT2D eigenvalue weighted by Crippen LogP contribution is 2.25. The van der Waals surface area contributed by atoms with Crippen LogP contribution in [-0.2, 0) is 13.0 Å². The second-order valence-electron chi connectivity index (χ2n) is 5.44. The van der Waals surface area contributed by atoms with Crippen LogP contribution >= 0.6 is 0 Å². The highest BCUT2D eigenvalue weighted by Gasteiger charge is 2.17. The van der Waals surface area contributed by atoms with E-state index in [1.54, 1.807) is 0 Å². The Labute approximate surface area is 123 Å². The van der Waals surface area contributed by atoms with Crippen molar-refractivity contribution in [1.29, 1.82) is 0 Å². The van der Waals surface area contributed by atoms with Gasteiger partial charge < -0.3 is 4.57 Å². The fourth-order valence-electron chi connectivity index (χ4n) is 2.88. The first-order chi connectivity index (χ1) is 10.4. The molecule has 5 heteroatoms. The van der Waals surface area contributed by atoms with Crippen LogP contribution in [0.25, 0.3) is 22.8 Å². The molecular weight excluding hydrogens is 262 g/mol. The number of rotatable bonds is 2. The number of nitrogens with one attached hydrogen (secondary N) is 1. The van der Waals surface area contributed by atoms with Gasteiger partial charge in [-0.1, -0.05) is 36.8 Å². The number of aryl methyl sites for hydroxylation is 1. The first-order valence-electron chi connectivity index (χ1n) is 7.45. The number of benzene rings is 1. The first-order valence-corrected chi connectivity index (χ1v) is 7.45. The lowest BCUT2D eigenvalue weighted by atomic mass is 10.1. The Morgan fingerprint density at radius 1 is 1.00 bits per heavy atom. The van der Waals surface area contributed by atoms with Gasteiger partial charge in [0.2, 0.25) is 0 Å². The summed E-state index contributed by atoms with van der Waals surface area (Å²) in [4.78, 5) is 0. The van der Waals surface area contributed by atoms with Crippen molar-refractivity contribution in [2.45, 2.75) is 32.2 Å². The van der Waals surface area contributed by atoms with E-state index in [1.165, 1.54) is 19.3 Å². The molecule has 3 heterocycles. The predicted molar refractivity (Wildman–Crippen MR) is 80.6 cm³/mol. The van der Waals surface area contributed by atoms with Crippen LogP contribution in [0.5, 0.6) is 0 Å². The van der Waals surface area contributed by atoms with Gasteiger partial charge >= 0.3 is 0 Å². The van der Waals surface area contributed by atoms with Crippen LogP contribution in [-0.4, -0.2) is 25.0 Å². The molecule has 106 valence electrons. The van der Waals surface area contributed by atoms with Crippen molar-refractivity contribution in [2.24, 2.45) is 0 Å². The van der Waals surface area contributed by atoms with Gasteiger partial charge in [-0.25, -0.2) is 0 Å². The minimum Gasteiger partial charge on any atom is -0.310 e. The van der Waals surface area contributed by atoms with Gasteiger partial charge in [0.15, 0.2) is 5.82 Å². The van der Waals surface area contributed by atoms with Crippen molar-refractivity contribution in [3.8, 4) is 22.8 Å². The largest absolute Gasteiger partial charge is 0.310 e. The summed E-state index contributed by atoms with van der Waals surface area (Å²) in [6, 6.07) is 12.2. The number of nitrogens with zero attached hydrogens (tertiary/aromatic N) is 4. The summed E-state index contributed by atoms with van der Waals surface area (Å²) in [6.45, 7) is 0.997. The number of fused-ring (bicyclic) bond motifs is 1. The van der Waals surface area contributed by atoms with E-state index < -0.39 is 0 Å². The van der Waals surface area contributed by atoms with E-state index in [1.807, 2.05) is 18.2 Å². The molecule has 3 aromatic rings. The Morgan fingerprint density at radius 3 is 2.81 bits per heavy atom. The zero-order chi connectivity index (χ0) is 14.1. The lowest BCUT2D eigenvalue weighted by molar-refractivity contribution is 0.636. The maximum Gasteiger partial charge on any atom is 0.182 e. The van der Waals surface area contributed by atoms with Crippen molar-refractivity contribution in [3.63, 3.8) is 0 Å². The second kappa shape index (κ2) is 5.16. The summed E-state index contributed by atoms with van der Waals surface area (Å²) in [7, 11) is 0. The summed E-state index contributed by atoms with van der Waals surface area (Å²) < 4.78 is 2.23. The van der Waals surface area contributed by atoms with E-state index in [-0.39, 0.29) is 0 Å². The molecule has 1 N–H and O–H groups in total. The van der Waals surface area contributed by atoms with Gasteiger partial charge in [0, 0.05) is 18.5 Å². The Kier molecular flexibility index (Phi) is 3.03. The zero-order valence-corrected chi connectivity index (χ0v) is 11.8. The van der Waals surface area contributed by atoms with E-state index >= 15 is 0 Å². The monoisotopic (exact) mass is 279 g/mol. The minimum atomic E-state index is 0.904. The average Bonchev–Trinajstić information content (AvgIpc) is 3.10. The predicted octanol–water partition coefficient (Wildman–Crippen LogP) is 3.06. The van der Waals surface area contributed by atoms with E-state index in [0.29, 0.717) is 0 Å². The number of hydrogen-bond acceptors (Lipinski definition) is 3. The van der Waals surface area contributed by atoms with E-state index in [0.717, 1.165) is 41.6 Å². The van der Waals surface area contributed by atoms with Crippen molar-refractivity contribution >= 4 is 0 Å². The van der Waals surface area contributed by atoms with Gasteiger partial charge in [0.1, 0.15) is 11.5 Å².